The highest BCUT2D eigenvalue weighted by Gasteiger charge is 2.48. The zero-order valence-electron chi connectivity index (χ0n) is 18.7. The maximum absolute atomic E-state index is 15.2. The second kappa shape index (κ2) is 8.12. The highest BCUT2D eigenvalue weighted by Crippen LogP contribution is 2.37. The summed E-state index contributed by atoms with van der Waals surface area (Å²) in [7, 11) is 3.41. The number of nitrogens with one attached hydrogen (secondary N) is 1. The van der Waals surface area contributed by atoms with Crippen LogP contribution in [0.15, 0.2) is 61.1 Å². The van der Waals surface area contributed by atoms with Gasteiger partial charge < -0.3 is 14.7 Å². The maximum Gasteiger partial charge on any atom is 0.213 e. The highest BCUT2D eigenvalue weighted by atomic mass is 19.1. The van der Waals surface area contributed by atoms with Crippen molar-refractivity contribution >= 4 is 5.82 Å². The van der Waals surface area contributed by atoms with Gasteiger partial charge in [0.1, 0.15) is 17.7 Å². The monoisotopic (exact) mass is 447 g/mol. The minimum Gasteiger partial charge on any atom is -0.507 e. The molecule has 8 heteroatoms. The molecule has 33 heavy (non-hydrogen) atoms. The van der Waals surface area contributed by atoms with Crippen molar-refractivity contribution in [3.8, 4) is 34.0 Å². The number of anilines is 1. The molecule has 0 amide bonds. The third-order valence-electron chi connectivity index (χ3n) is 6.63. The number of pyridine rings is 1. The number of benzene rings is 1. The van der Waals surface area contributed by atoms with E-state index in [9.17, 15) is 5.11 Å². The minimum atomic E-state index is -1.07. The number of halogens is 1. The van der Waals surface area contributed by atoms with Crippen molar-refractivity contribution in [1.82, 2.24) is 20.3 Å². The Morgan fingerprint density at radius 3 is 2.70 bits per heavy atom. The third kappa shape index (κ3) is 3.80. The fourth-order valence-corrected chi connectivity index (χ4v) is 4.70. The number of phenols is 1. The first-order valence-electron chi connectivity index (χ1n) is 10.9. The van der Waals surface area contributed by atoms with Crippen LogP contribution in [0.4, 0.5) is 10.2 Å². The molecule has 2 bridgehead atoms. The lowest BCUT2D eigenvalue weighted by Crippen LogP contribution is -2.62. The number of rotatable bonds is 5. The molecule has 0 aliphatic carbocycles. The maximum atomic E-state index is 15.2. The molecule has 1 saturated heterocycles. The fraction of sp³-hybridized carbons (Fsp3) is 0.320. The van der Waals surface area contributed by atoms with Crippen LogP contribution in [0.3, 0.4) is 0 Å². The van der Waals surface area contributed by atoms with Crippen LogP contribution < -0.4 is 15.0 Å². The molecule has 4 atom stereocenters. The lowest BCUT2D eigenvalue weighted by molar-refractivity contribution is 0.128. The molecule has 2 aliphatic rings. The minimum absolute atomic E-state index is 0.0939. The van der Waals surface area contributed by atoms with Crippen molar-refractivity contribution in [2.45, 2.75) is 37.1 Å². The number of hydrogen-bond acceptors (Lipinski definition) is 7. The number of fused-ring (bicyclic) bond motifs is 2. The third-order valence-corrected chi connectivity index (χ3v) is 6.63. The number of nitrogens with zero attached hydrogens (tertiary/aromatic N) is 4. The number of aromatic nitrogens is 3. The van der Waals surface area contributed by atoms with E-state index in [1.165, 1.54) is 0 Å². The van der Waals surface area contributed by atoms with Crippen LogP contribution in [0, 0.1) is 0 Å². The Morgan fingerprint density at radius 1 is 1.15 bits per heavy atom. The summed E-state index contributed by atoms with van der Waals surface area (Å²) in [4.78, 5) is 15.0. The number of hydrogen-bond donors (Lipinski definition) is 2. The van der Waals surface area contributed by atoms with Gasteiger partial charge in [0.15, 0.2) is 0 Å². The molecule has 0 spiro atoms. The Kier molecular flexibility index (Phi) is 5.25. The molecule has 0 unspecified atom stereocenters. The molecule has 5 rings (SSSR count). The van der Waals surface area contributed by atoms with Crippen LogP contribution in [0.5, 0.6) is 11.6 Å². The second-order valence-corrected chi connectivity index (χ2v) is 8.79. The van der Waals surface area contributed by atoms with E-state index in [1.807, 2.05) is 43.2 Å². The topological polar surface area (TPSA) is 83.4 Å². The van der Waals surface area contributed by atoms with Gasteiger partial charge in [0.2, 0.25) is 5.88 Å². The summed E-state index contributed by atoms with van der Waals surface area (Å²) in [5.41, 5.74) is 2.17. The summed E-state index contributed by atoms with van der Waals surface area (Å²) >= 11 is 0. The van der Waals surface area contributed by atoms with Gasteiger partial charge in [-0.3, -0.25) is 10.3 Å². The molecule has 4 heterocycles. The van der Waals surface area contributed by atoms with Crippen LogP contribution in [0.25, 0.3) is 22.4 Å². The predicted octanol–water partition coefficient (Wildman–Crippen LogP) is 3.75. The van der Waals surface area contributed by atoms with Gasteiger partial charge >= 0.3 is 0 Å². The van der Waals surface area contributed by atoms with Gasteiger partial charge in [-0.15, -0.1) is 0 Å². The number of ether oxygens (including phenoxy) is 1. The Balaban J connectivity index is 1.36. The van der Waals surface area contributed by atoms with E-state index in [4.69, 9.17) is 4.74 Å². The first-order valence-corrected chi connectivity index (χ1v) is 10.9. The molecule has 2 aromatic heterocycles. The quantitative estimate of drug-likeness (QED) is 0.577. The largest absolute Gasteiger partial charge is 0.507 e. The molecule has 3 aromatic rings. The van der Waals surface area contributed by atoms with Crippen molar-refractivity contribution < 1.29 is 14.2 Å². The number of alkyl halides is 1. The van der Waals surface area contributed by atoms with E-state index in [1.54, 1.807) is 43.9 Å². The Hall–Kier alpha value is -3.52. The van der Waals surface area contributed by atoms with Gasteiger partial charge in [0.05, 0.1) is 36.8 Å². The van der Waals surface area contributed by atoms with Crippen LogP contribution in [0.1, 0.15) is 13.3 Å². The van der Waals surface area contributed by atoms with Gasteiger partial charge in [-0.2, -0.15) is 0 Å². The highest BCUT2D eigenvalue weighted by molar-refractivity contribution is 5.74. The van der Waals surface area contributed by atoms with E-state index < -0.39 is 11.7 Å². The molecule has 7 nitrogen and oxygen atoms in total. The molecule has 2 N–H and O–H groups in total. The van der Waals surface area contributed by atoms with E-state index in [0.29, 0.717) is 29.4 Å². The number of phenolic OH excluding ortho intramolecular Hbond substituents is 1. The van der Waals surface area contributed by atoms with Crippen LogP contribution in [-0.2, 0) is 0 Å². The number of aromatic hydroxyl groups is 1. The predicted molar refractivity (Wildman–Crippen MR) is 125 cm³/mol. The average Bonchev–Trinajstić information content (AvgIpc) is 3.18. The lowest BCUT2D eigenvalue weighted by Gasteiger charge is -2.44. The molecular formula is C25H26FN5O2. The first kappa shape index (κ1) is 21.3. The number of piperidine rings is 1. The van der Waals surface area contributed by atoms with Crippen LogP contribution in [0.2, 0.25) is 0 Å². The summed E-state index contributed by atoms with van der Waals surface area (Å²) in [5.74, 6) is 1.19. The molecule has 0 saturated carbocycles. The van der Waals surface area contributed by atoms with Gasteiger partial charge in [0.25, 0.3) is 0 Å². The number of methoxy groups -OCH3 is 1. The Bertz CT molecular complexity index is 1200. The van der Waals surface area contributed by atoms with E-state index in [2.05, 4.69) is 20.3 Å². The van der Waals surface area contributed by atoms with Crippen molar-refractivity contribution in [3.05, 3.63) is 61.1 Å². The summed E-state index contributed by atoms with van der Waals surface area (Å²) in [6.45, 7) is 1.89. The average molecular weight is 448 g/mol. The first-order chi connectivity index (χ1) is 15.9. The normalized spacial score (nSPS) is 25.8. The Morgan fingerprint density at radius 2 is 1.97 bits per heavy atom. The van der Waals surface area contributed by atoms with Crippen molar-refractivity contribution in [2.24, 2.45) is 0 Å². The Labute approximate surface area is 192 Å². The smallest absolute Gasteiger partial charge is 0.213 e. The zero-order valence-corrected chi connectivity index (χ0v) is 18.7. The standard InChI is InChI=1S/C25H26FN5O2/c1-25-8-6-17(30-25)12-20(24(25)26)31(2)22-14-28-19(13-29-22)18-5-4-15(10-21(18)32)16-7-9-27-23(11-16)33-3/h4-11,13-14,17,20,24,30,32H,12H2,1-3H3/t17-,20-,24-,25+/m1/s1. The van der Waals surface area contributed by atoms with Gasteiger partial charge in [-0.05, 0) is 42.7 Å². The SMILES string of the molecule is COc1cc(-c2ccc(-c3cnc(N(C)[C@@H]4C[C@H]5C=C[C@](C)(N5)[C@@H]4F)cn3)c(O)c2)ccn1. The van der Waals surface area contributed by atoms with E-state index in [-0.39, 0.29) is 17.8 Å². The van der Waals surface area contributed by atoms with Crippen molar-refractivity contribution in [1.29, 1.82) is 0 Å². The van der Waals surface area contributed by atoms with E-state index in [0.717, 1.165) is 11.1 Å². The molecule has 170 valence electrons. The molecule has 1 aromatic carbocycles. The zero-order chi connectivity index (χ0) is 23.2. The fourth-order valence-electron chi connectivity index (χ4n) is 4.70. The van der Waals surface area contributed by atoms with Crippen LogP contribution in [-0.4, -0.2) is 58.0 Å². The second-order valence-electron chi connectivity index (χ2n) is 8.79. The van der Waals surface area contributed by atoms with E-state index >= 15 is 4.39 Å². The summed E-state index contributed by atoms with van der Waals surface area (Å²) in [6.07, 6.45) is 8.47. The van der Waals surface area contributed by atoms with Gasteiger partial charge in [-0.25, -0.2) is 14.4 Å². The molecule has 0 radical (unpaired) electrons. The summed E-state index contributed by atoms with van der Waals surface area (Å²) in [5, 5.41) is 14.0. The van der Waals surface area contributed by atoms with Crippen molar-refractivity contribution in [2.75, 3.05) is 19.1 Å². The molecular weight excluding hydrogens is 421 g/mol. The summed E-state index contributed by atoms with van der Waals surface area (Å²) < 4.78 is 20.4. The lowest BCUT2D eigenvalue weighted by atomic mass is 9.86. The molecule has 2 aliphatic heterocycles. The van der Waals surface area contributed by atoms with Gasteiger partial charge in [-0.1, -0.05) is 18.2 Å². The van der Waals surface area contributed by atoms with Crippen LogP contribution >= 0.6 is 0 Å². The van der Waals surface area contributed by atoms with Gasteiger partial charge in [0, 0.05) is 30.9 Å². The van der Waals surface area contributed by atoms with Crippen molar-refractivity contribution in [3.63, 3.8) is 0 Å². The molecule has 1 fully saturated rings. The summed E-state index contributed by atoms with van der Waals surface area (Å²) in [6, 6.07) is 8.90.